The fraction of sp³-hybridized carbons (Fsp3) is 0.389. The van der Waals surface area contributed by atoms with E-state index in [0.29, 0.717) is 17.0 Å². The molecule has 134 valence electrons. The number of hydrogen-bond donors (Lipinski definition) is 2. The Kier molecular flexibility index (Phi) is 6.64. The van der Waals surface area contributed by atoms with Crippen LogP contribution < -0.4 is 5.32 Å². The maximum atomic E-state index is 12.4. The highest BCUT2D eigenvalue weighted by Crippen LogP contribution is 2.26. The third-order valence-electron chi connectivity index (χ3n) is 3.72. The maximum absolute atomic E-state index is 12.4. The van der Waals surface area contributed by atoms with E-state index in [9.17, 15) is 9.59 Å². The first-order valence-corrected chi connectivity index (χ1v) is 9.04. The van der Waals surface area contributed by atoms with Crippen molar-refractivity contribution < 1.29 is 14.7 Å². The van der Waals surface area contributed by atoms with Crippen LogP contribution in [0.3, 0.4) is 0 Å². The molecule has 2 rings (SSSR count). The summed E-state index contributed by atoms with van der Waals surface area (Å²) in [4.78, 5) is 24.1. The number of carboxylic acids is 1. The zero-order chi connectivity index (χ0) is 18.4. The van der Waals surface area contributed by atoms with Gasteiger partial charge in [0.1, 0.15) is 5.25 Å². The molecule has 25 heavy (non-hydrogen) atoms. The molecule has 1 aromatic heterocycles. The smallest absolute Gasteiger partial charge is 0.316 e. The fourth-order valence-corrected chi connectivity index (χ4v) is 3.35. The molecule has 2 N–H and O–H groups in total. The molecule has 0 aliphatic rings. The highest BCUT2D eigenvalue weighted by Gasteiger charge is 2.17. The number of thioether (sulfide) groups is 1. The van der Waals surface area contributed by atoms with E-state index in [0.717, 1.165) is 24.4 Å². The van der Waals surface area contributed by atoms with Crippen LogP contribution in [0.15, 0.2) is 35.2 Å². The van der Waals surface area contributed by atoms with E-state index in [1.54, 1.807) is 31.2 Å². The molecule has 2 aromatic rings. The normalized spacial score (nSPS) is 12.0. The Morgan fingerprint density at radius 3 is 2.68 bits per heavy atom. The SMILES string of the molecule is Cc1cc(C)n(CCCNC(=O)c2ccccc2SC(C)C(=O)O)n1. The average molecular weight is 361 g/mol. The monoisotopic (exact) mass is 361 g/mol. The van der Waals surface area contributed by atoms with Crippen LogP contribution in [-0.2, 0) is 11.3 Å². The molecule has 1 amide bonds. The number of aryl methyl sites for hydroxylation is 3. The molecular formula is C18H23N3O3S. The first-order chi connectivity index (χ1) is 11.9. The molecule has 0 saturated heterocycles. The van der Waals surface area contributed by atoms with Gasteiger partial charge in [0, 0.05) is 23.7 Å². The summed E-state index contributed by atoms with van der Waals surface area (Å²) in [5, 5.41) is 15.7. The molecule has 0 bridgehead atoms. The van der Waals surface area contributed by atoms with Crippen LogP contribution in [0.5, 0.6) is 0 Å². The van der Waals surface area contributed by atoms with Crippen molar-refractivity contribution in [3.05, 3.63) is 47.3 Å². The van der Waals surface area contributed by atoms with Crippen LogP contribution in [0.4, 0.5) is 0 Å². The molecule has 0 radical (unpaired) electrons. The highest BCUT2D eigenvalue weighted by atomic mass is 32.2. The molecule has 1 unspecified atom stereocenters. The zero-order valence-corrected chi connectivity index (χ0v) is 15.5. The molecule has 6 nitrogen and oxygen atoms in total. The summed E-state index contributed by atoms with van der Waals surface area (Å²) in [6, 6.07) is 9.09. The van der Waals surface area contributed by atoms with Gasteiger partial charge in [-0.2, -0.15) is 5.10 Å². The van der Waals surface area contributed by atoms with Crippen LogP contribution in [0.1, 0.15) is 35.1 Å². The first-order valence-electron chi connectivity index (χ1n) is 8.16. The minimum Gasteiger partial charge on any atom is -0.480 e. The Bertz CT molecular complexity index is 758. The van der Waals surface area contributed by atoms with Crippen LogP contribution in [0.25, 0.3) is 0 Å². The number of amides is 1. The first kappa shape index (κ1) is 19.1. The number of nitrogens with one attached hydrogen (secondary N) is 1. The van der Waals surface area contributed by atoms with Gasteiger partial charge >= 0.3 is 5.97 Å². The Labute approximate surface area is 151 Å². The van der Waals surface area contributed by atoms with E-state index in [1.165, 1.54) is 11.8 Å². The summed E-state index contributed by atoms with van der Waals surface area (Å²) < 4.78 is 1.93. The lowest BCUT2D eigenvalue weighted by atomic mass is 10.2. The summed E-state index contributed by atoms with van der Waals surface area (Å²) in [5.41, 5.74) is 2.60. The van der Waals surface area contributed by atoms with Crippen molar-refractivity contribution in [2.75, 3.05) is 6.54 Å². The van der Waals surface area contributed by atoms with Crippen molar-refractivity contribution in [3.63, 3.8) is 0 Å². The van der Waals surface area contributed by atoms with E-state index in [2.05, 4.69) is 10.4 Å². The van der Waals surface area contributed by atoms with E-state index >= 15 is 0 Å². The number of carbonyl (C=O) groups excluding carboxylic acids is 1. The second-order valence-electron chi connectivity index (χ2n) is 5.85. The van der Waals surface area contributed by atoms with Crippen molar-refractivity contribution >= 4 is 23.6 Å². The second kappa shape index (κ2) is 8.71. The lowest BCUT2D eigenvalue weighted by molar-refractivity contribution is -0.136. The minimum absolute atomic E-state index is 0.186. The number of carboxylic acid groups (broad SMARTS) is 1. The third kappa shape index (κ3) is 5.35. The molecule has 0 fully saturated rings. The number of rotatable bonds is 8. The van der Waals surface area contributed by atoms with Crippen LogP contribution in [0.2, 0.25) is 0 Å². The Balaban J connectivity index is 1.90. The number of aliphatic carboxylic acids is 1. The standard InChI is InChI=1S/C18H23N3O3S/c1-12-11-13(2)21(20-12)10-6-9-19-17(22)15-7-4-5-8-16(15)25-14(3)18(23)24/h4-5,7-8,11,14H,6,9-10H2,1-3H3,(H,19,22)(H,23,24). The number of hydrogen-bond acceptors (Lipinski definition) is 4. The van der Waals surface area contributed by atoms with Crippen molar-refractivity contribution in [2.24, 2.45) is 0 Å². The molecule has 1 atom stereocenters. The number of aromatic nitrogens is 2. The number of carbonyl (C=O) groups is 2. The van der Waals surface area contributed by atoms with Gasteiger partial charge < -0.3 is 10.4 Å². The van der Waals surface area contributed by atoms with Crippen molar-refractivity contribution in [1.82, 2.24) is 15.1 Å². The van der Waals surface area contributed by atoms with Crippen LogP contribution >= 0.6 is 11.8 Å². The third-order valence-corrected chi connectivity index (χ3v) is 4.88. The van der Waals surface area contributed by atoms with Gasteiger partial charge in [-0.25, -0.2) is 0 Å². The lowest BCUT2D eigenvalue weighted by Gasteiger charge is -2.12. The van der Waals surface area contributed by atoms with Gasteiger partial charge in [-0.15, -0.1) is 11.8 Å². The second-order valence-corrected chi connectivity index (χ2v) is 7.24. The molecule has 7 heteroatoms. The van der Waals surface area contributed by atoms with Crippen molar-refractivity contribution in [3.8, 4) is 0 Å². The highest BCUT2D eigenvalue weighted by molar-refractivity contribution is 8.00. The largest absolute Gasteiger partial charge is 0.480 e. The maximum Gasteiger partial charge on any atom is 0.316 e. The summed E-state index contributed by atoms with van der Waals surface area (Å²) in [6.07, 6.45) is 0.772. The summed E-state index contributed by atoms with van der Waals surface area (Å²) in [7, 11) is 0. The summed E-state index contributed by atoms with van der Waals surface area (Å²) >= 11 is 1.17. The average Bonchev–Trinajstić information content (AvgIpc) is 2.89. The molecule has 0 saturated carbocycles. The van der Waals surface area contributed by atoms with Gasteiger partial charge in [0.05, 0.1) is 11.3 Å². The summed E-state index contributed by atoms with van der Waals surface area (Å²) in [6.45, 7) is 6.85. The zero-order valence-electron chi connectivity index (χ0n) is 14.7. The lowest BCUT2D eigenvalue weighted by Crippen LogP contribution is -2.26. The van der Waals surface area contributed by atoms with Gasteiger partial charge in [0.25, 0.3) is 5.91 Å². The van der Waals surface area contributed by atoms with E-state index < -0.39 is 11.2 Å². The fourth-order valence-electron chi connectivity index (χ4n) is 2.43. The molecule has 1 aromatic carbocycles. The van der Waals surface area contributed by atoms with Crippen LogP contribution in [0, 0.1) is 13.8 Å². The molecular weight excluding hydrogens is 338 g/mol. The van der Waals surface area contributed by atoms with Gasteiger partial charge in [0.2, 0.25) is 0 Å². The Morgan fingerprint density at radius 1 is 1.32 bits per heavy atom. The van der Waals surface area contributed by atoms with Crippen molar-refractivity contribution in [1.29, 1.82) is 0 Å². The minimum atomic E-state index is -0.898. The Morgan fingerprint density at radius 2 is 2.04 bits per heavy atom. The van der Waals surface area contributed by atoms with Crippen LogP contribution in [-0.4, -0.2) is 38.6 Å². The van der Waals surface area contributed by atoms with E-state index in [-0.39, 0.29) is 5.91 Å². The van der Waals surface area contributed by atoms with Gasteiger partial charge in [0.15, 0.2) is 0 Å². The predicted molar refractivity (Wildman–Crippen MR) is 98.0 cm³/mol. The summed E-state index contributed by atoms with van der Waals surface area (Å²) in [5.74, 6) is -1.08. The quantitative estimate of drug-likeness (QED) is 0.558. The van der Waals surface area contributed by atoms with E-state index in [1.807, 2.05) is 24.6 Å². The number of nitrogens with zero attached hydrogens (tertiary/aromatic N) is 2. The predicted octanol–water partition coefficient (Wildman–Crippen LogP) is 2.89. The molecule has 0 spiro atoms. The van der Waals surface area contributed by atoms with Gasteiger partial charge in [-0.1, -0.05) is 12.1 Å². The van der Waals surface area contributed by atoms with Gasteiger partial charge in [-0.3, -0.25) is 14.3 Å². The van der Waals surface area contributed by atoms with Crippen molar-refractivity contribution in [2.45, 2.75) is 43.9 Å². The van der Waals surface area contributed by atoms with E-state index in [4.69, 9.17) is 5.11 Å². The topological polar surface area (TPSA) is 84.2 Å². The Hall–Kier alpha value is -2.28. The molecule has 0 aliphatic heterocycles. The molecule has 1 heterocycles. The number of benzene rings is 1. The molecule has 0 aliphatic carbocycles. The van der Waals surface area contributed by atoms with Gasteiger partial charge in [-0.05, 0) is 45.4 Å².